The largest absolute Gasteiger partial charge is 0.359 e. The molecule has 2 rings (SSSR count). The number of hydrogen-bond acceptors (Lipinski definition) is 3. The van der Waals surface area contributed by atoms with Gasteiger partial charge in [0.2, 0.25) is 11.8 Å². The standard InChI is InChI=1S/C17H25N3O2/c1-18-16(21)10-9-13-6-3-4-8-15(13)19-17(22)14-7-5-11-20(2)12-14/h3-4,6,8,14H,5,7,9-12H2,1-2H3,(H,18,21)(H,19,22). The molecule has 0 radical (unpaired) electrons. The van der Waals surface area contributed by atoms with Crippen molar-refractivity contribution in [3.05, 3.63) is 29.8 Å². The highest BCUT2D eigenvalue weighted by Crippen LogP contribution is 2.21. The normalized spacial score (nSPS) is 18.7. The highest BCUT2D eigenvalue weighted by Gasteiger charge is 2.24. The average Bonchev–Trinajstić information content (AvgIpc) is 2.53. The van der Waals surface area contributed by atoms with E-state index in [-0.39, 0.29) is 17.7 Å². The lowest BCUT2D eigenvalue weighted by Gasteiger charge is -2.29. The van der Waals surface area contributed by atoms with Gasteiger partial charge in [0.15, 0.2) is 0 Å². The molecule has 5 nitrogen and oxygen atoms in total. The van der Waals surface area contributed by atoms with Gasteiger partial charge in [-0.1, -0.05) is 18.2 Å². The Labute approximate surface area is 132 Å². The van der Waals surface area contributed by atoms with Gasteiger partial charge in [-0.3, -0.25) is 9.59 Å². The number of carbonyl (C=O) groups excluding carboxylic acids is 2. The first-order chi connectivity index (χ1) is 10.6. The van der Waals surface area contributed by atoms with Crippen LogP contribution in [0.2, 0.25) is 0 Å². The molecule has 1 aromatic rings. The number of amides is 2. The molecule has 1 heterocycles. The minimum atomic E-state index is 0.00929. The van der Waals surface area contributed by atoms with Crippen molar-refractivity contribution >= 4 is 17.5 Å². The second-order valence-electron chi connectivity index (χ2n) is 5.92. The number of carbonyl (C=O) groups is 2. The van der Waals surface area contributed by atoms with Gasteiger partial charge in [0.1, 0.15) is 0 Å². The van der Waals surface area contributed by atoms with Gasteiger partial charge in [0.25, 0.3) is 0 Å². The summed E-state index contributed by atoms with van der Waals surface area (Å²) in [7, 11) is 3.69. The van der Waals surface area contributed by atoms with E-state index in [0.29, 0.717) is 12.8 Å². The van der Waals surface area contributed by atoms with E-state index in [1.54, 1.807) is 7.05 Å². The zero-order valence-corrected chi connectivity index (χ0v) is 13.4. The summed E-state index contributed by atoms with van der Waals surface area (Å²) in [5.41, 5.74) is 1.83. The number of rotatable bonds is 5. The van der Waals surface area contributed by atoms with E-state index < -0.39 is 0 Å². The molecule has 1 aromatic carbocycles. The molecule has 1 fully saturated rings. The summed E-state index contributed by atoms with van der Waals surface area (Å²) < 4.78 is 0. The highest BCUT2D eigenvalue weighted by atomic mass is 16.2. The Balaban J connectivity index is 1.99. The number of anilines is 1. The van der Waals surface area contributed by atoms with Crippen LogP contribution in [0.5, 0.6) is 0 Å². The van der Waals surface area contributed by atoms with E-state index in [1.807, 2.05) is 24.3 Å². The zero-order valence-electron chi connectivity index (χ0n) is 13.4. The lowest BCUT2D eigenvalue weighted by atomic mass is 9.97. The van der Waals surface area contributed by atoms with Crippen molar-refractivity contribution in [2.45, 2.75) is 25.7 Å². The maximum absolute atomic E-state index is 12.4. The van der Waals surface area contributed by atoms with Gasteiger partial charge in [-0.15, -0.1) is 0 Å². The molecule has 22 heavy (non-hydrogen) atoms. The molecule has 2 amide bonds. The van der Waals surface area contributed by atoms with Crippen LogP contribution in [0.25, 0.3) is 0 Å². The first-order valence-electron chi connectivity index (χ1n) is 7.88. The molecule has 0 bridgehead atoms. The summed E-state index contributed by atoms with van der Waals surface area (Å²) in [5, 5.41) is 5.67. The van der Waals surface area contributed by atoms with Crippen molar-refractivity contribution in [2.75, 3.05) is 32.5 Å². The molecule has 2 N–H and O–H groups in total. The number of likely N-dealkylation sites (tertiary alicyclic amines) is 1. The Morgan fingerprint density at radius 2 is 2.09 bits per heavy atom. The number of piperidine rings is 1. The lowest BCUT2D eigenvalue weighted by Crippen LogP contribution is -2.38. The number of hydrogen-bond donors (Lipinski definition) is 2. The monoisotopic (exact) mass is 303 g/mol. The first kappa shape index (κ1) is 16.5. The van der Waals surface area contributed by atoms with Crippen molar-refractivity contribution < 1.29 is 9.59 Å². The van der Waals surface area contributed by atoms with Gasteiger partial charge in [0, 0.05) is 25.7 Å². The predicted molar refractivity (Wildman–Crippen MR) is 87.7 cm³/mol. The Morgan fingerprint density at radius 1 is 1.32 bits per heavy atom. The molecule has 1 saturated heterocycles. The van der Waals surface area contributed by atoms with Crippen LogP contribution in [0.3, 0.4) is 0 Å². The molecule has 0 spiro atoms. The second-order valence-corrected chi connectivity index (χ2v) is 5.92. The Morgan fingerprint density at radius 3 is 2.82 bits per heavy atom. The minimum absolute atomic E-state index is 0.00929. The van der Waals surface area contributed by atoms with Crippen LogP contribution in [0.1, 0.15) is 24.8 Å². The molecule has 0 aliphatic carbocycles. The summed E-state index contributed by atoms with van der Waals surface area (Å²) >= 11 is 0. The number of nitrogens with zero attached hydrogens (tertiary/aromatic N) is 1. The van der Waals surface area contributed by atoms with Crippen LogP contribution in [0.15, 0.2) is 24.3 Å². The van der Waals surface area contributed by atoms with Crippen molar-refractivity contribution in [1.29, 1.82) is 0 Å². The van der Waals surface area contributed by atoms with Gasteiger partial charge in [-0.25, -0.2) is 0 Å². The summed E-state index contributed by atoms with van der Waals surface area (Å²) in [6, 6.07) is 7.71. The first-order valence-corrected chi connectivity index (χ1v) is 7.88. The molecule has 0 aromatic heterocycles. The van der Waals surface area contributed by atoms with E-state index in [9.17, 15) is 9.59 Å². The van der Waals surface area contributed by atoms with Crippen LogP contribution in [0.4, 0.5) is 5.69 Å². The van der Waals surface area contributed by atoms with Crippen molar-refractivity contribution in [3.63, 3.8) is 0 Å². The van der Waals surface area contributed by atoms with Crippen molar-refractivity contribution in [2.24, 2.45) is 5.92 Å². The van der Waals surface area contributed by atoms with Crippen LogP contribution >= 0.6 is 0 Å². The van der Waals surface area contributed by atoms with Gasteiger partial charge >= 0.3 is 0 Å². The number of benzene rings is 1. The predicted octanol–water partition coefficient (Wildman–Crippen LogP) is 1.65. The summed E-state index contributed by atoms with van der Waals surface area (Å²) in [6.07, 6.45) is 3.06. The lowest BCUT2D eigenvalue weighted by molar-refractivity contribution is -0.121. The van der Waals surface area contributed by atoms with Crippen LogP contribution in [0, 0.1) is 5.92 Å². The Hall–Kier alpha value is -1.88. The van der Waals surface area contributed by atoms with Gasteiger partial charge in [-0.05, 0) is 44.5 Å². The Bertz CT molecular complexity index is 530. The quantitative estimate of drug-likeness (QED) is 0.869. The number of nitrogens with one attached hydrogen (secondary N) is 2. The fourth-order valence-electron chi connectivity index (χ4n) is 2.85. The van der Waals surface area contributed by atoms with Gasteiger partial charge in [-0.2, -0.15) is 0 Å². The molecule has 1 aliphatic heterocycles. The molecule has 0 saturated carbocycles. The van der Waals surface area contributed by atoms with Crippen LogP contribution in [-0.2, 0) is 16.0 Å². The molecular weight excluding hydrogens is 278 g/mol. The maximum Gasteiger partial charge on any atom is 0.228 e. The van der Waals surface area contributed by atoms with E-state index in [0.717, 1.165) is 37.2 Å². The minimum Gasteiger partial charge on any atom is -0.359 e. The summed E-state index contributed by atoms with van der Waals surface area (Å²) in [6.45, 7) is 1.87. The maximum atomic E-state index is 12.4. The topological polar surface area (TPSA) is 61.4 Å². The Kier molecular flexibility index (Phi) is 5.95. The molecule has 1 aliphatic rings. The third kappa shape index (κ3) is 4.56. The van der Waals surface area contributed by atoms with E-state index in [1.165, 1.54) is 0 Å². The highest BCUT2D eigenvalue weighted by molar-refractivity contribution is 5.93. The fraction of sp³-hybridized carbons (Fsp3) is 0.529. The third-order valence-electron chi connectivity index (χ3n) is 4.17. The SMILES string of the molecule is CNC(=O)CCc1ccccc1NC(=O)C1CCCN(C)C1. The van der Waals surface area contributed by atoms with Crippen molar-refractivity contribution in [1.82, 2.24) is 10.2 Å². The molecule has 5 heteroatoms. The molecular formula is C17H25N3O2. The van der Waals surface area contributed by atoms with E-state index >= 15 is 0 Å². The van der Waals surface area contributed by atoms with Crippen molar-refractivity contribution in [3.8, 4) is 0 Å². The average molecular weight is 303 g/mol. The third-order valence-corrected chi connectivity index (χ3v) is 4.17. The summed E-state index contributed by atoms with van der Waals surface area (Å²) in [5.74, 6) is 0.139. The molecule has 1 unspecified atom stereocenters. The van der Waals surface area contributed by atoms with E-state index in [4.69, 9.17) is 0 Å². The van der Waals surface area contributed by atoms with E-state index in [2.05, 4.69) is 22.6 Å². The van der Waals surface area contributed by atoms with Gasteiger partial charge in [0.05, 0.1) is 5.92 Å². The zero-order chi connectivity index (χ0) is 15.9. The smallest absolute Gasteiger partial charge is 0.228 e. The number of para-hydroxylation sites is 1. The summed E-state index contributed by atoms with van der Waals surface area (Å²) in [4.78, 5) is 26.0. The number of aryl methyl sites for hydroxylation is 1. The van der Waals surface area contributed by atoms with Crippen LogP contribution < -0.4 is 10.6 Å². The fourth-order valence-corrected chi connectivity index (χ4v) is 2.85. The molecule has 120 valence electrons. The van der Waals surface area contributed by atoms with Crippen LogP contribution in [-0.4, -0.2) is 43.9 Å². The molecule has 1 atom stereocenters. The second kappa shape index (κ2) is 7.94. The van der Waals surface area contributed by atoms with Gasteiger partial charge < -0.3 is 15.5 Å².